The van der Waals surface area contributed by atoms with Gasteiger partial charge in [0.2, 0.25) is 0 Å². The molecule has 20 heavy (non-hydrogen) atoms. The van der Waals surface area contributed by atoms with Crippen molar-refractivity contribution in [2.45, 2.75) is 6.92 Å². The maximum Gasteiger partial charge on any atom is 0.338 e. The number of carbonyl (C=O) groups is 1. The number of nitrogens with two attached hydrogens (primary N) is 1. The van der Waals surface area contributed by atoms with Crippen molar-refractivity contribution in [1.29, 1.82) is 0 Å². The molecule has 0 spiro atoms. The highest BCUT2D eigenvalue weighted by molar-refractivity contribution is 6.37. The zero-order chi connectivity index (χ0) is 15.0. The number of hydrogen-bond donors (Lipinski definition) is 2. The Balaban J connectivity index is 2.91. The lowest BCUT2D eigenvalue weighted by Gasteiger charge is -2.14. The van der Waals surface area contributed by atoms with Crippen molar-refractivity contribution in [3.05, 3.63) is 39.5 Å². The summed E-state index contributed by atoms with van der Waals surface area (Å²) in [6.07, 6.45) is 2.44. The van der Waals surface area contributed by atoms with Crippen LogP contribution in [0.1, 0.15) is 15.9 Å². The van der Waals surface area contributed by atoms with Crippen molar-refractivity contribution in [3.8, 4) is 11.3 Å². The smallest absolute Gasteiger partial charge is 0.338 e. The lowest BCUT2D eigenvalue weighted by Crippen LogP contribution is -2.09. The topological polar surface area (TPSA) is 89.1 Å². The Bertz CT molecular complexity index is 722. The van der Waals surface area contributed by atoms with Gasteiger partial charge in [-0.05, 0) is 6.92 Å². The molecule has 0 radical (unpaired) electrons. The molecule has 0 saturated heterocycles. The Kier molecular flexibility index (Phi) is 3.78. The molecule has 8 heteroatoms. The number of carboxylic acids is 1. The van der Waals surface area contributed by atoms with Gasteiger partial charge in [0.25, 0.3) is 0 Å². The van der Waals surface area contributed by atoms with Gasteiger partial charge in [-0.3, -0.25) is 4.98 Å². The van der Waals surface area contributed by atoms with Gasteiger partial charge in [0.05, 0.1) is 39.9 Å². The molecule has 5 nitrogen and oxygen atoms in total. The second-order valence-electron chi connectivity index (χ2n) is 3.95. The molecule has 0 aliphatic heterocycles. The van der Waals surface area contributed by atoms with E-state index >= 15 is 0 Å². The SMILES string of the molecule is Cc1c(N)c(Cl)c(C(=O)O)c(-c2cncc(Cl)n2)c1F. The molecule has 0 bridgehead atoms. The van der Waals surface area contributed by atoms with Gasteiger partial charge in [0, 0.05) is 5.56 Å². The fourth-order valence-electron chi connectivity index (χ4n) is 1.73. The van der Waals surface area contributed by atoms with E-state index in [9.17, 15) is 14.3 Å². The molecule has 0 fully saturated rings. The van der Waals surface area contributed by atoms with E-state index in [0.717, 1.165) is 0 Å². The number of rotatable bonds is 2. The van der Waals surface area contributed by atoms with E-state index in [1.165, 1.54) is 19.3 Å². The van der Waals surface area contributed by atoms with E-state index in [1.807, 2.05) is 0 Å². The maximum absolute atomic E-state index is 14.4. The average molecular weight is 316 g/mol. The maximum atomic E-state index is 14.4. The van der Waals surface area contributed by atoms with Crippen LogP contribution in [-0.4, -0.2) is 21.0 Å². The summed E-state index contributed by atoms with van der Waals surface area (Å²) < 4.78 is 14.4. The fourth-order valence-corrected chi connectivity index (χ4v) is 2.19. The summed E-state index contributed by atoms with van der Waals surface area (Å²) in [6, 6.07) is 0. The van der Waals surface area contributed by atoms with Gasteiger partial charge in [-0.1, -0.05) is 23.2 Å². The third-order valence-corrected chi connectivity index (χ3v) is 3.31. The van der Waals surface area contributed by atoms with Gasteiger partial charge >= 0.3 is 5.97 Å². The monoisotopic (exact) mass is 315 g/mol. The number of halogens is 3. The van der Waals surface area contributed by atoms with E-state index in [0.29, 0.717) is 0 Å². The highest BCUT2D eigenvalue weighted by Crippen LogP contribution is 2.37. The normalized spacial score (nSPS) is 10.6. The summed E-state index contributed by atoms with van der Waals surface area (Å²) in [4.78, 5) is 18.9. The summed E-state index contributed by atoms with van der Waals surface area (Å²) >= 11 is 11.6. The number of benzene rings is 1. The molecule has 0 aliphatic carbocycles. The van der Waals surface area contributed by atoms with Gasteiger partial charge in [0.1, 0.15) is 11.0 Å². The number of nitrogen functional groups attached to an aromatic ring is 1. The molecule has 1 heterocycles. The number of hydrogen-bond acceptors (Lipinski definition) is 4. The van der Waals surface area contributed by atoms with Crippen LogP contribution in [0.5, 0.6) is 0 Å². The van der Waals surface area contributed by atoms with Crippen LogP contribution in [0.25, 0.3) is 11.3 Å². The molecule has 2 aromatic rings. The summed E-state index contributed by atoms with van der Waals surface area (Å²) in [7, 11) is 0. The number of carboxylic acid groups (broad SMARTS) is 1. The Morgan fingerprint density at radius 3 is 2.60 bits per heavy atom. The van der Waals surface area contributed by atoms with Crippen molar-refractivity contribution in [2.24, 2.45) is 0 Å². The van der Waals surface area contributed by atoms with Crippen LogP contribution in [0.4, 0.5) is 10.1 Å². The number of anilines is 1. The van der Waals surface area contributed by atoms with Gasteiger partial charge in [-0.2, -0.15) is 0 Å². The second kappa shape index (κ2) is 5.22. The molecule has 1 aromatic heterocycles. The first-order valence-corrected chi connectivity index (χ1v) is 6.08. The Hall–Kier alpha value is -1.92. The second-order valence-corrected chi connectivity index (χ2v) is 4.71. The minimum Gasteiger partial charge on any atom is -0.478 e. The molecular formula is C12H8Cl2FN3O2. The zero-order valence-electron chi connectivity index (χ0n) is 10.1. The predicted octanol–water partition coefficient (Wildman–Crippen LogP) is 3.18. The standard InChI is InChI=1S/C12H8Cl2FN3O2/c1-4-10(15)7(5-2-17-3-6(13)18-5)8(12(19)20)9(14)11(4)16/h2-3H,16H2,1H3,(H,19,20). The van der Waals surface area contributed by atoms with Gasteiger partial charge in [-0.15, -0.1) is 0 Å². The largest absolute Gasteiger partial charge is 0.478 e. The van der Waals surface area contributed by atoms with Crippen molar-refractivity contribution in [1.82, 2.24) is 9.97 Å². The van der Waals surface area contributed by atoms with E-state index in [4.69, 9.17) is 28.9 Å². The van der Waals surface area contributed by atoms with Crippen LogP contribution in [0.2, 0.25) is 10.2 Å². The van der Waals surface area contributed by atoms with Crippen LogP contribution >= 0.6 is 23.2 Å². The third-order valence-electron chi connectivity index (χ3n) is 2.73. The van der Waals surface area contributed by atoms with Crippen LogP contribution in [0.15, 0.2) is 12.4 Å². The zero-order valence-corrected chi connectivity index (χ0v) is 11.6. The van der Waals surface area contributed by atoms with Crippen LogP contribution in [0.3, 0.4) is 0 Å². The lowest BCUT2D eigenvalue weighted by atomic mass is 9.99. The number of aromatic carboxylic acids is 1. The van der Waals surface area contributed by atoms with Crippen molar-refractivity contribution in [2.75, 3.05) is 5.73 Å². The molecule has 2 rings (SSSR count). The van der Waals surface area contributed by atoms with Crippen molar-refractivity contribution in [3.63, 3.8) is 0 Å². The van der Waals surface area contributed by atoms with E-state index in [-0.39, 0.29) is 32.7 Å². The van der Waals surface area contributed by atoms with Gasteiger partial charge < -0.3 is 10.8 Å². The molecule has 0 unspecified atom stereocenters. The van der Waals surface area contributed by atoms with Crippen LogP contribution in [0, 0.1) is 12.7 Å². The van der Waals surface area contributed by atoms with E-state index in [2.05, 4.69) is 9.97 Å². The summed E-state index contributed by atoms with van der Waals surface area (Å²) in [5.41, 5.74) is 4.73. The molecular weight excluding hydrogens is 308 g/mol. The molecule has 104 valence electrons. The Labute approximate surface area is 123 Å². The lowest BCUT2D eigenvalue weighted by molar-refractivity contribution is 0.0697. The highest BCUT2D eigenvalue weighted by Gasteiger charge is 2.26. The van der Waals surface area contributed by atoms with Gasteiger partial charge in [0.15, 0.2) is 0 Å². The summed E-state index contributed by atoms with van der Waals surface area (Å²) in [5.74, 6) is -2.24. The molecule has 1 aromatic carbocycles. The molecule has 3 N–H and O–H groups in total. The Morgan fingerprint density at radius 1 is 1.40 bits per heavy atom. The third kappa shape index (κ3) is 2.28. The molecule has 0 saturated carbocycles. The number of nitrogens with zero attached hydrogens (tertiary/aromatic N) is 2. The first-order chi connectivity index (χ1) is 9.34. The summed E-state index contributed by atoms with van der Waals surface area (Å²) in [6.45, 7) is 1.39. The van der Waals surface area contributed by atoms with Crippen molar-refractivity contribution < 1.29 is 14.3 Å². The Morgan fingerprint density at radius 2 is 2.05 bits per heavy atom. The van der Waals surface area contributed by atoms with E-state index < -0.39 is 17.3 Å². The molecule has 0 aliphatic rings. The molecule has 0 amide bonds. The highest BCUT2D eigenvalue weighted by atomic mass is 35.5. The average Bonchev–Trinajstić information content (AvgIpc) is 2.39. The minimum absolute atomic E-state index is 0.00355. The first kappa shape index (κ1) is 14.5. The number of aromatic nitrogens is 2. The molecule has 0 atom stereocenters. The minimum atomic E-state index is -1.42. The first-order valence-electron chi connectivity index (χ1n) is 5.32. The quantitative estimate of drug-likeness (QED) is 0.831. The fraction of sp³-hybridized carbons (Fsp3) is 0.0833. The van der Waals surface area contributed by atoms with Gasteiger partial charge in [-0.25, -0.2) is 14.2 Å². The van der Waals surface area contributed by atoms with Crippen molar-refractivity contribution >= 4 is 34.9 Å². The van der Waals surface area contributed by atoms with E-state index in [1.54, 1.807) is 0 Å². The predicted molar refractivity (Wildman–Crippen MR) is 73.6 cm³/mol. The van der Waals surface area contributed by atoms with Crippen LogP contribution in [-0.2, 0) is 0 Å². The van der Waals surface area contributed by atoms with Crippen LogP contribution < -0.4 is 5.73 Å². The summed E-state index contributed by atoms with van der Waals surface area (Å²) in [5, 5.41) is 8.99.